The van der Waals surface area contributed by atoms with Gasteiger partial charge in [0.1, 0.15) is 5.69 Å². The summed E-state index contributed by atoms with van der Waals surface area (Å²) in [6.07, 6.45) is 2.35. The number of rotatable bonds is 6. The summed E-state index contributed by atoms with van der Waals surface area (Å²) < 4.78 is 22.5. The molecule has 0 saturated carbocycles. The van der Waals surface area contributed by atoms with E-state index in [1.807, 2.05) is 81.4 Å². The van der Waals surface area contributed by atoms with Gasteiger partial charge in [-0.2, -0.15) is 0 Å². The first-order chi connectivity index (χ1) is 14.8. The maximum absolute atomic E-state index is 13.1. The van der Waals surface area contributed by atoms with Gasteiger partial charge in [0.2, 0.25) is 0 Å². The minimum absolute atomic E-state index is 0.254. The van der Waals surface area contributed by atoms with E-state index in [0.29, 0.717) is 6.42 Å². The summed E-state index contributed by atoms with van der Waals surface area (Å²) in [7, 11) is -1.27. The highest BCUT2D eigenvalue weighted by Gasteiger charge is 2.28. The second-order valence-electron chi connectivity index (χ2n) is 8.31. The van der Waals surface area contributed by atoms with E-state index in [0.717, 1.165) is 38.0 Å². The number of benzene rings is 2. The topological polar surface area (TPSA) is 68.0 Å². The third-order valence-electron chi connectivity index (χ3n) is 4.98. The molecule has 4 aromatic rings. The van der Waals surface area contributed by atoms with Gasteiger partial charge in [-0.15, -0.1) is 0 Å². The summed E-state index contributed by atoms with van der Waals surface area (Å²) in [6, 6.07) is 19.4. The van der Waals surface area contributed by atoms with Gasteiger partial charge in [-0.1, -0.05) is 51.4 Å². The van der Waals surface area contributed by atoms with Crippen LogP contribution in [0.4, 0.5) is 0 Å². The number of fused-ring (bicyclic) bond motifs is 1. The van der Waals surface area contributed by atoms with Crippen LogP contribution in [0, 0.1) is 0 Å². The maximum Gasteiger partial charge on any atom is 0.167 e. The predicted molar refractivity (Wildman–Crippen MR) is 129 cm³/mol. The SMILES string of the molecule is CC(C)(C)S(=O)NC(Cc1ccccn1)c1c(Br)cccc1-c1noc2ccccc12. The number of hydrogen-bond acceptors (Lipinski definition) is 4. The van der Waals surface area contributed by atoms with Crippen LogP contribution in [-0.4, -0.2) is 19.1 Å². The number of nitrogens with zero attached hydrogens (tertiary/aromatic N) is 2. The number of pyridine rings is 1. The van der Waals surface area contributed by atoms with Crippen molar-refractivity contribution in [2.75, 3.05) is 0 Å². The van der Waals surface area contributed by atoms with Gasteiger partial charge < -0.3 is 4.52 Å². The molecule has 1 N–H and O–H groups in total. The van der Waals surface area contributed by atoms with Crippen LogP contribution < -0.4 is 4.72 Å². The Balaban J connectivity index is 1.85. The molecule has 2 heterocycles. The zero-order valence-electron chi connectivity index (χ0n) is 17.6. The molecule has 0 bridgehead atoms. The van der Waals surface area contributed by atoms with E-state index in [2.05, 4.69) is 30.8 Å². The van der Waals surface area contributed by atoms with Crippen LogP contribution in [0.2, 0.25) is 0 Å². The van der Waals surface area contributed by atoms with Gasteiger partial charge in [-0.25, -0.2) is 8.93 Å². The quantitative estimate of drug-likeness (QED) is 0.355. The highest BCUT2D eigenvalue weighted by Crippen LogP contribution is 2.38. The van der Waals surface area contributed by atoms with Gasteiger partial charge in [-0.05, 0) is 56.7 Å². The zero-order chi connectivity index (χ0) is 22.0. The van der Waals surface area contributed by atoms with E-state index >= 15 is 0 Å². The maximum atomic E-state index is 13.1. The van der Waals surface area contributed by atoms with Gasteiger partial charge in [0.05, 0.1) is 21.8 Å². The fourth-order valence-electron chi connectivity index (χ4n) is 3.41. The van der Waals surface area contributed by atoms with Gasteiger partial charge in [-0.3, -0.25) is 4.98 Å². The number of hydrogen-bond donors (Lipinski definition) is 1. The van der Waals surface area contributed by atoms with Crippen LogP contribution in [-0.2, 0) is 17.4 Å². The third-order valence-corrected chi connectivity index (χ3v) is 7.28. The molecule has 0 aliphatic carbocycles. The van der Waals surface area contributed by atoms with Crippen molar-refractivity contribution in [1.29, 1.82) is 0 Å². The van der Waals surface area contributed by atoms with Crippen LogP contribution in [0.1, 0.15) is 38.1 Å². The molecule has 0 radical (unpaired) electrons. The van der Waals surface area contributed by atoms with Gasteiger partial charge in [0.15, 0.2) is 5.58 Å². The van der Waals surface area contributed by atoms with E-state index in [-0.39, 0.29) is 6.04 Å². The molecule has 7 heteroatoms. The Bertz CT molecular complexity index is 1220. The van der Waals surface area contributed by atoms with E-state index in [9.17, 15) is 4.21 Å². The van der Waals surface area contributed by atoms with E-state index in [4.69, 9.17) is 4.52 Å². The molecule has 0 aliphatic rings. The van der Waals surface area contributed by atoms with Crippen LogP contribution in [0.5, 0.6) is 0 Å². The van der Waals surface area contributed by atoms with Gasteiger partial charge in [0, 0.05) is 33.7 Å². The smallest absolute Gasteiger partial charge is 0.167 e. The molecule has 0 aliphatic heterocycles. The van der Waals surface area contributed by atoms with Crippen molar-refractivity contribution >= 4 is 37.9 Å². The third kappa shape index (κ3) is 4.79. The number of aromatic nitrogens is 2. The molecule has 0 spiro atoms. The van der Waals surface area contributed by atoms with Gasteiger partial charge >= 0.3 is 0 Å². The number of halogens is 1. The molecule has 0 fully saturated rings. The molecular weight excluding hydrogens is 474 g/mol. The Morgan fingerprint density at radius 3 is 2.58 bits per heavy atom. The molecule has 0 amide bonds. The van der Waals surface area contributed by atoms with Crippen molar-refractivity contribution < 1.29 is 8.73 Å². The van der Waals surface area contributed by atoms with Crippen LogP contribution in [0.25, 0.3) is 22.2 Å². The summed E-state index contributed by atoms with van der Waals surface area (Å²) >= 11 is 3.73. The lowest BCUT2D eigenvalue weighted by molar-refractivity contribution is 0.459. The molecule has 0 saturated heterocycles. The van der Waals surface area contributed by atoms with Crippen molar-refractivity contribution in [1.82, 2.24) is 14.9 Å². The van der Waals surface area contributed by atoms with Crippen LogP contribution in [0.15, 0.2) is 75.9 Å². The van der Waals surface area contributed by atoms with E-state index < -0.39 is 15.7 Å². The highest BCUT2D eigenvalue weighted by atomic mass is 79.9. The van der Waals surface area contributed by atoms with Crippen molar-refractivity contribution in [3.05, 3.63) is 82.6 Å². The average Bonchev–Trinajstić information content (AvgIpc) is 3.17. The van der Waals surface area contributed by atoms with Gasteiger partial charge in [0.25, 0.3) is 0 Å². The largest absolute Gasteiger partial charge is 0.356 e. The highest BCUT2D eigenvalue weighted by molar-refractivity contribution is 9.10. The predicted octanol–water partition coefficient (Wildman–Crippen LogP) is 5.99. The lowest BCUT2D eigenvalue weighted by Crippen LogP contribution is -2.37. The van der Waals surface area contributed by atoms with Crippen molar-refractivity contribution in [2.45, 2.75) is 38.0 Å². The first-order valence-corrected chi connectivity index (χ1v) is 12.0. The Kier molecular flexibility index (Phi) is 6.36. The number of para-hydroxylation sites is 1. The number of nitrogens with one attached hydrogen (secondary N) is 1. The molecule has 160 valence electrons. The Labute approximate surface area is 193 Å². The molecule has 31 heavy (non-hydrogen) atoms. The van der Waals surface area contributed by atoms with Crippen LogP contribution in [0.3, 0.4) is 0 Å². The monoisotopic (exact) mass is 497 g/mol. The second kappa shape index (κ2) is 9.02. The molecule has 4 rings (SSSR count). The van der Waals surface area contributed by atoms with Crippen molar-refractivity contribution in [3.63, 3.8) is 0 Å². The molecule has 2 unspecified atom stereocenters. The normalized spacial score (nSPS) is 13.9. The molecule has 5 nitrogen and oxygen atoms in total. The summed E-state index contributed by atoms with van der Waals surface area (Å²) in [5.41, 5.74) is 4.32. The molecule has 2 aromatic heterocycles. The zero-order valence-corrected chi connectivity index (χ0v) is 20.0. The molecule has 2 aromatic carbocycles. The molecular formula is C24H24BrN3O2S. The van der Waals surface area contributed by atoms with E-state index in [1.54, 1.807) is 6.20 Å². The fraction of sp³-hybridized carbons (Fsp3) is 0.250. The first-order valence-electron chi connectivity index (χ1n) is 10.1. The summed E-state index contributed by atoms with van der Waals surface area (Å²) in [4.78, 5) is 4.50. The summed E-state index contributed by atoms with van der Waals surface area (Å²) in [6.45, 7) is 5.88. The Hall–Kier alpha value is -2.35. The second-order valence-corrected chi connectivity index (χ2v) is 11.2. The van der Waals surface area contributed by atoms with Crippen molar-refractivity contribution in [2.24, 2.45) is 0 Å². The summed E-state index contributed by atoms with van der Waals surface area (Å²) in [5.74, 6) is 0. The lowest BCUT2D eigenvalue weighted by atomic mass is 9.94. The summed E-state index contributed by atoms with van der Waals surface area (Å²) in [5, 5.41) is 5.31. The Morgan fingerprint density at radius 1 is 1.06 bits per heavy atom. The van der Waals surface area contributed by atoms with Crippen LogP contribution >= 0.6 is 15.9 Å². The average molecular weight is 498 g/mol. The minimum Gasteiger partial charge on any atom is -0.356 e. The lowest BCUT2D eigenvalue weighted by Gasteiger charge is -2.26. The standard InChI is InChI=1S/C24H24BrN3O2S/c1-24(2,3)31(29)28-20(15-16-9-6-7-14-26-16)22-18(11-8-12-19(22)25)23-17-10-4-5-13-21(17)30-27-23/h4-14,20,28H,15H2,1-3H3. The minimum atomic E-state index is -1.27. The molecule has 2 atom stereocenters. The Morgan fingerprint density at radius 2 is 1.84 bits per heavy atom. The first kappa shape index (κ1) is 21.9. The van der Waals surface area contributed by atoms with Crippen molar-refractivity contribution in [3.8, 4) is 11.3 Å². The fourth-order valence-corrected chi connectivity index (χ4v) is 4.87. The van der Waals surface area contributed by atoms with E-state index in [1.165, 1.54) is 0 Å².